The molecular formula is C13H17N3O2. The summed E-state index contributed by atoms with van der Waals surface area (Å²) in [6, 6.07) is 1.66. The third-order valence-corrected chi connectivity index (χ3v) is 2.83. The molecule has 0 amide bonds. The molecule has 5 heteroatoms. The molecule has 0 atom stereocenters. The van der Waals surface area contributed by atoms with Gasteiger partial charge in [-0.1, -0.05) is 20.3 Å². The van der Waals surface area contributed by atoms with Crippen LogP contribution in [0.25, 0.3) is 11.0 Å². The Morgan fingerprint density at radius 3 is 2.78 bits per heavy atom. The van der Waals surface area contributed by atoms with Gasteiger partial charge < -0.3 is 5.11 Å². The first-order chi connectivity index (χ1) is 8.67. The van der Waals surface area contributed by atoms with Crippen LogP contribution < -0.4 is 0 Å². The smallest absolute Gasteiger partial charge is 0.336 e. The Hall–Kier alpha value is -1.91. The van der Waals surface area contributed by atoms with Crippen molar-refractivity contribution in [1.29, 1.82) is 0 Å². The molecule has 0 fully saturated rings. The van der Waals surface area contributed by atoms with E-state index in [1.165, 1.54) is 0 Å². The van der Waals surface area contributed by atoms with Crippen LogP contribution in [0.1, 0.15) is 42.7 Å². The molecule has 2 aromatic rings. The highest BCUT2D eigenvalue weighted by Crippen LogP contribution is 2.19. The van der Waals surface area contributed by atoms with Gasteiger partial charge in [0.2, 0.25) is 0 Å². The number of rotatable bonds is 5. The molecule has 0 saturated heterocycles. The van der Waals surface area contributed by atoms with Crippen molar-refractivity contribution in [3.63, 3.8) is 0 Å². The van der Waals surface area contributed by atoms with Crippen LogP contribution in [0.15, 0.2) is 12.3 Å². The molecule has 0 spiro atoms. The van der Waals surface area contributed by atoms with Gasteiger partial charge in [-0.05, 0) is 18.9 Å². The van der Waals surface area contributed by atoms with Gasteiger partial charge >= 0.3 is 5.97 Å². The Morgan fingerprint density at radius 2 is 2.17 bits per heavy atom. The average Bonchev–Trinajstić information content (AvgIpc) is 2.72. The molecule has 2 rings (SSSR count). The number of hydrogen-bond donors (Lipinski definition) is 1. The first kappa shape index (κ1) is 12.5. The van der Waals surface area contributed by atoms with Crippen molar-refractivity contribution in [3.05, 3.63) is 23.5 Å². The van der Waals surface area contributed by atoms with Gasteiger partial charge in [0.05, 0.1) is 17.1 Å². The highest BCUT2D eigenvalue weighted by atomic mass is 16.4. The van der Waals surface area contributed by atoms with E-state index >= 15 is 0 Å². The number of aromatic carboxylic acids is 1. The van der Waals surface area contributed by atoms with E-state index in [1.807, 2.05) is 0 Å². The lowest BCUT2D eigenvalue weighted by molar-refractivity contribution is 0.0699. The summed E-state index contributed by atoms with van der Waals surface area (Å²) in [6.07, 6.45) is 4.27. The van der Waals surface area contributed by atoms with Crippen LogP contribution in [-0.2, 0) is 13.0 Å². The van der Waals surface area contributed by atoms with Crippen molar-refractivity contribution in [2.24, 2.45) is 0 Å². The van der Waals surface area contributed by atoms with Crippen molar-refractivity contribution in [3.8, 4) is 0 Å². The maximum atomic E-state index is 11.3. The maximum Gasteiger partial charge on any atom is 0.336 e. The van der Waals surface area contributed by atoms with Gasteiger partial charge in [-0.25, -0.2) is 14.5 Å². The molecule has 0 saturated carbocycles. The maximum absolute atomic E-state index is 11.3. The standard InChI is InChI=1S/C13H17N3O2/c1-3-5-9-7-10(13(17)18)11-8-14-16(6-4-2)12(11)15-9/h7-8H,3-6H2,1-2H3,(H,17,18). The van der Waals surface area contributed by atoms with Gasteiger partial charge in [0.1, 0.15) is 0 Å². The molecule has 0 radical (unpaired) electrons. The van der Waals surface area contributed by atoms with Crippen LogP contribution in [0.2, 0.25) is 0 Å². The molecule has 0 aliphatic heterocycles. The number of carbonyl (C=O) groups is 1. The summed E-state index contributed by atoms with van der Waals surface area (Å²) in [4.78, 5) is 15.8. The van der Waals surface area contributed by atoms with Crippen molar-refractivity contribution in [2.45, 2.75) is 39.7 Å². The van der Waals surface area contributed by atoms with Crippen LogP contribution in [0.5, 0.6) is 0 Å². The van der Waals surface area contributed by atoms with E-state index in [-0.39, 0.29) is 0 Å². The molecular weight excluding hydrogens is 230 g/mol. The molecule has 18 heavy (non-hydrogen) atoms. The normalized spacial score (nSPS) is 11.0. The fourth-order valence-corrected chi connectivity index (χ4v) is 2.04. The predicted molar refractivity (Wildman–Crippen MR) is 68.8 cm³/mol. The second-order valence-electron chi connectivity index (χ2n) is 4.32. The monoisotopic (exact) mass is 247 g/mol. The van der Waals surface area contributed by atoms with Gasteiger partial charge in [0, 0.05) is 12.2 Å². The Morgan fingerprint density at radius 1 is 1.39 bits per heavy atom. The lowest BCUT2D eigenvalue weighted by Crippen LogP contribution is -2.05. The van der Waals surface area contributed by atoms with Gasteiger partial charge in [0.15, 0.2) is 5.65 Å². The molecule has 5 nitrogen and oxygen atoms in total. The minimum atomic E-state index is -0.921. The lowest BCUT2D eigenvalue weighted by Gasteiger charge is -2.05. The molecule has 2 heterocycles. The molecule has 0 aromatic carbocycles. The minimum Gasteiger partial charge on any atom is -0.478 e. The summed E-state index contributed by atoms with van der Waals surface area (Å²) in [5.74, 6) is -0.921. The van der Waals surface area contributed by atoms with Crippen molar-refractivity contribution in [1.82, 2.24) is 14.8 Å². The fourth-order valence-electron chi connectivity index (χ4n) is 2.04. The summed E-state index contributed by atoms with van der Waals surface area (Å²) in [5, 5.41) is 14.1. The zero-order valence-electron chi connectivity index (χ0n) is 10.7. The quantitative estimate of drug-likeness (QED) is 0.881. The zero-order valence-corrected chi connectivity index (χ0v) is 10.7. The van der Waals surface area contributed by atoms with Gasteiger partial charge in [-0.3, -0.25) is 0 Å². The highest BCUT2D eigenvalue weighted by molar-refractivity contribution is 6.01. The highest BCUT2D eigenvalue weighted by Gasteiger charge is 2.15. The number of pyridine rings is 1. The van der Waals surface area contributed by atoms with Crippen molar-refractivity contribution in [2.75, 3.05) is 0 Å². The van der Waals surface area contributed by atoms with Crippen LogP contribution in [0, 0.1) is 0 Å². The van der Waals surface area contributed by atoms with E-state index in [2.05, 4.69) is 23.9 Å². The Balaban J connectivity index is 2.63. The Kier molecular flexibility index (Phi) is 3.60. The topological polar surface area (TPSA) is 68.0 Å². The van der Waals surface area contributed by atoms with Gasteiger partial charge in [-0.15, -0.1) is 0 Å². The second-order valence-corrected chi connectivity index (χ2v) is 4.32. The van der Waals surface area contributed by atoms with Crippen molar-refractivity contribution >= 4 is 17.0 Å². The molecule has 0 aliphatic rings. The van der Waals surface area contributed by atoms with E-state index in [0.29, 0.717) is 16.6 Å². The second kappa shape index (κ2) is 5.16. The zero-order chi connectivity index (χ0) is 13.1. The van der Waals surface area contributed by atoms with E-state index in [0.717, 1.165) is 31.5 Å². The average molecular weight is 247 g/mol. The van der Waals surface area contributed by atoms with Crippen LogP contribution in [-0.4, -0.2) is 25.8 Å². The third-order valence-electron chi connectivity index (χ3n) is 2.83. The van der Waals surface area contributed by atoms with Crippen LogP contribution in [0.4, 0.5) is 0 Å². The van der Waals surface area contributed by atoms with Crippen LogP contribution in [0.3, 0.4) is 0 Å². The number of fused-ring (bicyclic) bond motifs is 1. The number of aryl methyl sites for hydroxylation is 2. The largest absolute Gasteiger partial charge is 0.478 e. The number of carboxylic acid groups (broad SMARTS) is 1. The third kappa shape index (κ3) is 2.20. The summed E-state index contributed by atoms with van der Waals surface area (Å²) < 4.78 is 1.78. The van der Waals surface area contributed by atoms with Gasteiger partial charge in [0.25, 0.3) is 0 Å². The molecule has 0 unspecified atom stereocenters. The lowest BCUT2D eigenvalue weighted by atomic mass is 10.1. The first-order valence-corrected chi connectivity index (χ1v) is 6.26. The van der Waals surface area contributed by atoms with E-state index in [9.17, 15) is 9.90 Å². The first-order valence-electron chi connectivity index (χ1n) is 6.26. The molecule has 1 N–H and O–H groups in total. The molecule has 0 bridgehead atoms. The molecule has 2 aromatic heterocycles. The summed E-state index contributed by atoms with van der Waals surface area (Å²) >= 11 is 0. The summed E-state index contributed by atoms with van der Waals surface area (Å²) in [5.41, 5.74) is 1.80. The van der Waals surface area contributed by atoms with E-state index in [4.69, 9.17) is 0 Å². The number of carboxylic acids is 1. The number of nitrogens with zero attached hydrogens (tertiary/aromatic N) is 3. The molecule has 0 aliphatic carbocycles. The number of hydrogen-bond acceptors (Lipinski definition) is 3. The summed E-state index contributed by atoms with van der Waals surface area (Å²) in [6.45, 7) is 4.86. The minimum absolute atomic E-state index is 0.297. The SMILES string of the molecule is CCCc1cc(C(=O)O)c2cnn(CCC)c2n1. The fraction of sp³-hybridized carbons (Fsp3) is 0.462. The van der Waals surface area contributed by atoms with E-state index in [1.54, 1.807) is 16.9 Å². The Labute approximate surface area is 105 Å². The number of aromatic nitrogens is 3. The van der Waals surface area contributed by atoms with Crippen molar-refractivity contribution < 1.29 is 9.90 Å². The molecule has 96 valence electrons. The Bertz CT molecular complexity index is 575. The van der Waals surface area contributed by atoms with Crippen LogP contribution >= 0.6 is 0 Å². The van der Waals surface area contributed by atoms with E-state index < -0.39 is 5.97 Å². The summed E-state index contributed by atoms with van der Waals surface area (Å²) in [7, 11) is 0. The van der Waals surface area contributed by atoms with Gasteiger partial charge in [-0.2, -0.15) is 5.10 Å². The predicted octanol–water partition coefficient (Wildman–Crippen LogP) is 2.49.